The van der Waals surface area contributed by atoms with E-state index < -0.39 is 0 Å². The van der Waals surface area contributed by atoms with Crippen LogP contribution in [-0.4, -0.2) is 17.6 Å². The lowest BCUT2D eigenvalue weighted by Gasteiger charge is -2.09. The van der Waals surface area contributed by atoms with Crippen LogP contribution in [0.3, 0.4) is 0 Å². The molecule has 0 bridgehead atoms. The lowest BCUT2D eigenvalue weighted by atomic mass is 10.2. The number of halogens is 2. The zero-order chi connectivity index (χ0) is 14.8. The molecule has 2 aromatic rings. The van der Waals surface area contributed by atoms with Crippen LogP contribution in [0.25, 0.3) is 0 Å². The van der Waals surface area contributed by atoms with Crippen molar-refractivity contribution in [3.05, 3.63) is 38.8 Å². The summed E-state index contributed by atoms with van der Waals surface area (Å²) in [6.45, 7) is 1.73. The van der Waals surface area contributed by atoms with Gasteiger partial charge in [0.15, 0.2) is 5.13 Å². The number of hydrogen-bond acceptors (Lipinski definition) is 4. The quantitative estimate of drug-likeness (QED) is 0.778. The van der Waals surface area contributed by atoms with Crippen LogP contribution in [0.4, 0.5) is 15.6 Å². The van der Waals surface area contributed by atoms with Crippen molar-refractivity contribution in [3.63, 3.8) is 0 Å². The van der Waals surface area contributed by atoms with Gasteiger partial charge in [-0.25, -0.2) is 9.78 Å². The number of anilines is 2. The SMILES string of the molecule is O=C(Nc1ccc(Cl)c(Cl)c1)Nc1nc2c(s1)CNCC2. The minimum Gasteiger partial charge on any atom is -0.311 e. The highest BCUT2D eigenvalue weighted by Gasteiger charge is 2.16. The number of benzene rings is 1. The Morgan fingerprint density at radius 1 is 1.29 bits per heavy atom. The van der Waals surface area contributed by atoms with Gasteiger partial charge >= 0.3 is 6.03 Å². The smallest absolute Gasteiger partial charge is 0.311 e. The van der Waals surface area contributed by atoms with Crippen LogP contribution < -0.4 is 16.0 Å². The summed E-state index contributed by atoms with van der Waals surface area (Å²) in [6.07, 6.45) is 0.891. The van der Waals surface area contributed by atoms with Crippen LogP contribution in [0.15, 0.2) is 18.2 Å². The maximum absolute atomic E-state index is 11.9. The highest BCUT2D eigenvalue weighted by molar-refractivity contribution is 7.15. The first kappa shape index (κ1) is 14.6. The molecule has 2 amide bonds. The summed E-state index contributed by atoms with van der Waals surface area (Å²) in [5, 5.41) is 10.1. The van der Waals surface area contributed by atoms with Crippen molar-refractivity contribution in [2.75, 3.05) is 17.2 Å². The van der Waals surface area contributed by atoms with Gasteiger partial charge in [-0.2, -0.15) is 0 Å². The average Bonchev–Trinajstić information content (AvgIpc) is 2.84. The molecule has 0 spiro atoms. The number of fused-ring (bicyclic) bond motifs is 1. The largest absolute Gasteiger partial charge is 0.325 e. The van der Waals surface area contributed by atoms with Crippen LogP contribution in [0, 0.1) is 0 Å². The van der Waals surface area contributed by atoms with Gasteiger partial charge in [0, 0.05) is 30.1 Å². The summed E-state index contributed by atoms with van der Waals surface area (Å²) in [7, 11) is 0. The Morgan fingerprint density at radius 3 is 2.90 bits per heavy atom. The number of hydrogen-bond donors (Lipinski definition) is 3. The number of amides is 2. The van der Waals surface area contributed by atoms with Crippen molar-refractivity contribution in [1.82, 2.24) is 10.3 Å². The van der Waals surface area contributed by atoms with Crippen LogP contribution in [0.1, 0.15) is 10.6 Å². The Labute approximate surface area is 135 Å². The van der Waals surface area contributed by atoms with Gasteiger partial charge in [0.05, 0.1) is 15.7 Å². The third-order valence-electron chi connectivity index (χ3n) is 3.00. The van der Waals surface area contributed by atoms with E-state index in [4.69, 9.17) is 23.2 Å². The number of rotatable bonds is 2. The Balaban J connectivity index is 1.66. The summed E-state index contributed by atoms with van der Waals surface area (Å²) in [6, 6.07) is 4.56. The second kappa shape index (κ2) is 6.19. The highest BCUT2D eigenvalue weighted by Crippen LogP contribution is 2.27. The number of carbonyl (C=O) groups is 1. The van der Waals surface area contributed by atoms with E-state index in [0.717, 1.165) is 25.2 Å². The van der Waals surface area contributed by atoms with Crippen LogP contribution in [0.5, 0.6) is 0 Å². The number of thiazole rings is 1. The molecule has 0 radical (unpaired) electrons. The molecular weight excluding hydrogens is 331 g/mol. The van der Waals surface area contributed by atoms with Gasteiger partial charge in [-0.05, 0) is 18.2 Å². The van der Waals surface area contributed by atoms with Gasteiger partial charge in [0.25, 0.3) is 0 Å². The van der Waals surface area contributed by atoms with Crippen molar-refractivity contribution < 1.29 is 4.79 Å². The van der Waals surface area contributed by atoms with Crippen LogP contribution in [-0.2, 0) is 13.0 Å². The summed E-state index contributed by atoms with van der Waals surface area (Å²) >= 11 is 13.2. The van der Waals surface area contributed by atoms with E-state index in [9.17, 15) is 4.79 Å². The minimum atomic E-state index is -0.354. The Morgan fingerprint density at radius 2 is 2.14 bits per heavy atom. The summed E-state index contributed by atoms with van der Waals surface area (Å²) in [5.41, 5.74) is 1.63. The molecule has 2 heterocycles. The van der Waals surface area contributed by atoms with Gasteiger partial charge in [-0.1, -0.05) is 23.2 Å². The van der Waals surface area contributed by atoms with E-state index in [1.165, 1.54) is 16.2 Å². The van der Waals surface area contributed by atoms with Crippen LogP contribution in [0.2, 0.25) is 10.0 Å². The molecule has 1 aliphatic heterocycles. The molecule has 1 aromatic carbocycles. The molecule has 0 atom stereocenters. The first-order chi connectivity index (χ1) is 10.1. The maximum atomic E-state index is 11.9. The predicted molar refractivity (Wildman–Crippen MR) is 86.6 cm³/mol. The molecule has 0 saturated heterocycles. The van der Waals surface area contributed by atoms with E-state index in [2.05, 4.69) is 20.9 Å². The molecule has 3 N–H and O–H groups in total. The van der Waals surface area contributed by atoms with E-state index in [1.807, 2.05) is 0 Å². The Kier molecular flexibility index (Phi) is 4.30. The lowest BCUT2D eigenvalue weighted by Crippen LogP contribution is -2.22. The summed E-state index contributed by atoms with van der Waals surface area (Å²) < 4.78 is 0. The first-order valence-corrected chi connectivity index (χ1v) is 7.91. The summed E-state index contributed by atoms with van der Waals surface area (Å²) in [4.78, 5) is 17.5. The first-order valence-electron chi connectivity index (χ1n) is 6.34. The third-order valence-corrected chi connectivity index (χ3v) is 4.75. The standard InChI is InChI=1S/C13H12Cl2N4OS/c14-8-2-1-7(5-9(8)15)17-12(20)19-13-18-10-3-4-16-6-11(10)21-13/h1-2,5,16H,3-4,6H2,(H2,17,18,19,20). The fraction of sp³-hybridized carbons (Fsp3) is 0.231. The number of urea groups is 1. The fourth-order valence-corrected chi connectivity index (χ4v) is 3.28. The maximum Gasteiger partial charge on any atom is 0.325 e. The third kappa shape index (κ3) is 3.47. The van der Waals surface area contributed by atoms with Gasteiger partial charge in [0.1, 0.15) is 0 Å². The number of aromatic nitrogens is 1. The monoisotopic (exact) mass is 342 g/mol. The van der Waals surface area contributed by atoms with Gasteiger partial charge in [0.2, 0.25) is 0 Å². The summed E-state index contributed by atoms with van der Waals surface area (Å²) in [5.74, 6) is 0. The van der Waals surface area contributed by atoms with E-state index >= 15 is 0 Å². The molecule has 1 aromatic heterocycles. The molecule has 8 heteroatoms. The van der Waals surface area contributed by atoms with E-state index in [1.54, 1.807) is 18.2 Å². The van der Waals surface area contributed by atoms with E-state index in [0.29, 0.717) is 20.9 Å². The second-order valence-electron chi connectivity index (χ2n) is 4.52. The molecule has 0 fully saturated rings. The number of nitrogens with one attached hydrogen (secondary N) is 3. The average molecular weight is 343 g/mol. The van der Waals surface area contributed by atoms with Crippen molar-refractivity contribution in [1.29, 1.82) is 0 Å². The molecule has 3 rings (SSSR count). The van der Waals surface area contributed by atoms with Gasteiger partial charge in [-0.15, -0.1) is 11.3 Å². The van der Waals surface area contributed by atoms with E-state index in [-0.39, 0.29) is 6.03 Å². The number of nitrogens with zero attached hydrogens (tertiary/aromatic N) is 1. The van der Waals surface area contributed by atoms with Gasteiger partial charge < -0.3 is 10.6 Å². The highest BCUT2D eigenvalue weighted by atomic mass is 35.5. The van der Waals surface area contributed by atoms with Gasteiger partial charge in [-0.3, -0.25) is 5.32 Å². The lowest BCUT2D eigenvalue weighted by molar-refractivity contribution is 0.262. The van der Waals surface area contributed by atoms with Crippen LogP contribution >= 0.6 is 34.5 Å². The molecule has 110 valence electrons. The molecule has 0 unspecified atom stereocenters. The van der Waals surface area contributed by atoms with Crippen molar-refractivity contribution in [3.8, 4) is 0 Å². The zero-order valence-corrected chi connectivity index (χ0v) is 13.2. The molecule has 1 aliphatic rings. The molecule has 21 heavy (non-hydrogen) atoms. The van der Waals surface area contributed by atoms with Crippen molar-refractivity contribution >= 4 is 51.4 Å². The molecule has 5 nitrogen and oxygen atoms in total. The van der Waals surface area contributed by atoms with Crippen molar-refractivity contribution in [2.24, 2.45) is 0 Å². The predicted octanol–water partition coefficient (Wildman–Crippen LogP) is 3.74. The normalized spacial score (nSPS) is 13.6. The molecular formula is C13H12Cl2N4OS. The number of carbonyl (C=O) groups excluding carboxylic acids is 1. The minimum absolute atomic E-state index is 0.354. The Hall–Kier alpha value is -1.34. The van der Waals surface area contributed by atoms with Crippen molar-refractivity contribution in [2.45, 2.75) is 13.0 Å². The zero-order valence-electron chi connectivity index (χ0n) is 10.9. The fourth-order valence-electron chi connectivity index (χ4n) is 2.01. The molecule has 0 aliphatic carbocycles. The second-order valence-corrected chi connectivity index (χ2v) is 6.42. The topological polar surface area (TPSA) is 66.0 Å². The Bertz CT molecular complexity index is 665. The molecule has 0 saturated carbocycles.